The molecule has 34 heavy (non-hydrogen) atoms. The second-order valence-electron chi connectivity index (χ2n) is 8.28. The Balaban J connectivity index is 1.47. The molecule has 184 valence electrons. The van der Waals surface area contributed by atoms with E-state index in [2.05, 4.69) is 10.6 Å². The van der Waals surface area contributed by atoms with E-state index in [1.54, 1.807) is 52.8 Å². The van der Waals surface area contributed by atoms with Crippen LogP contribution in [0.25, 0.3) is 0 Å². The van der Waals surface area contributed by atoms with Crippen LogP contribution in [0.5, 0.6) is 5.75 Å². The van der Waals surface area contributed by atoms with Crippen LogP contribution < -0.4 is 15.4 Å². The molecular formula is C25H33N3O5S. The molecule has 1 aliphatic heterocycles. The molecule has 2 amide bonds. The maximum Gasteiger partial charge on any atom is 0.257 e. The fourth-order valence-corrected chi connectivity index (χ4v) is 5.29. The molecule has 2 N–H and O–H groups in total. The summed E-state index contributed by atoms with van der Waals surface area (Å²) < 4.78 is 32.7. The average molecular weight is 488 g/mol. The van der Waals surface area contributed by atoms with Gasteiger partial charge in [0, 0.05) is 31.7 Å². The number of aryl methyl sites for hydroxylation is 1. The molecular weight excluding hydrogens is 454 g/mol. The Kier molecular flexibility index (Phi) is 9.47. The quantitative estimate of drug-likeness (QED) is 0.535. The Labute approximate surface area is 201 Å². The van der Waals surface area contributed by atoms with Gasteiger partial charge in [0.15, 0.2) is 6.61 Å². The lowest BCUT2D eigenvalue weighted by atomic mass is 10.1. The van der Waals surface area contributed by atoms with Gasteiger partial charge < -0.3 is 15.4 Å². The van der Waals surface area contributed by atoms with Crippen LogP contribution >= 0.6 is 0 Å². The summed E-state index contributed by atoms with van der Waals surface area (Å²) in [5, 5.41) is 5.49. The fraction of sp³-hybridized carbons (Fsp3) is 0.440. The van der Waals surface area contributed by atoms with Gasteiger partial charge >= 0.3 is 0 Å². The number of rotatable bonds is 10. The predicted octanol–water partition coefficient (Wildman–Crippen LogP) is 3.34. The van der Waals surface area contributed by atoms with Crippen LogP contribution in [0.15, 0.2) is 53.4 Å². The van der Waals surface area contributed by atoms with E-state index in [0.717, 1.165) is 31.2 Å². The van der Waals surface area contributed by atoms with Crippen molar-refractivity contribution in [2.45, 2.75) is 50.3 Å². The zero-order valence-electron chi connectivity index (χ0n) is 19.6. The maximum absolute atomic E-state index is 12.9. The summed E-state index contributed by atoms with van der Waals surface area (Å²) in [5.74, 6) is 0.212. The summed E-state index contributed by atoms with van der Waals surface area (Å²) in [5.41, 5.74) is 1.54. The number of hydrogen-bond donors (Lipinski definition) is 2. The van der Waals surface area contributed by atoms with Crippen molar-refractivity contribution in [3.05, 3.63) is 54.1 Å². The number of nitrogens with one attached hydrogen (secondary N) is 2. The van der Waals surface area contributed by atoms with Gasteiger partial charge in [0.25, 0.3) is 5.91 Å². The topological polar surface area (TPSA) is 105 Å². The number of ether oxygens (including phenoxy) is 1. The second kappa shape index (κ2) is 12.5. The monoisotopic (exact) mass is 487 g/mol. The normalized spacial score (nSPS) is 14.7. The SMILES string of the molecule is CCNC(=O)COc1ccc(NC(=O)CCc2ccc(S(=O)(=O)N3CCCCCC3)cc2)cc1. The number of hydrogen-bond acceptors (Lipinski definition) is 5. The first-order valence-corrected chi connectivity index (χ1v) is 13.2. The van der Waals surface area contributed by atoms with Crippen molar-refractivity contribution in [1.29, 1.82) is 0 Å². The number of amides is 2. The molecule has 8 nitrogen and oxygen atoms in total. The largest absolute Gasteiger partial charge is 0.484 e. The molecule has 1 saturated heterocycles. The number of benzene rings is 2. The molecule has 0 bridgehead atoms. The zero-order chi connectivity index (χ0) is 24.4. The third kappa shape index (κ3) is 7.56. The fourth-order valence-electron chi connectivity index (χ4n) is 3.77. The predicted molar refractivity (Wildman–Crippen MR) is 131 cm³/mol. The minimum absolute atomic E-state index is 0.0579. The third-order valence-corrected chi connectivity index (χ3v) is 7.56. The number of likely N-dealkylation sites (N-methyl/N-ethyl adjacent to an activating group) is 1. The molecule has 2 aromatic rings. The van der Waals surface area contributed by atoms with Crippen LogP contribution in [0, 0.1) is 0 Å². The molecule has 0 saturated carbocycles. The first kappa shape index (κ1) is 25.7. The smallest absolute Gasteiger partial charge is 0.257 e. The van der Waals surface area contributed by atoms with Gasteiger partial charge in [-0.05, 0) is 68.1 Å². The average Bonchev–Trinajstić information content (AvgIpc) is 3.13. The minimum atomic E-state index is -3.47. The molecule has 0 radical (unpaired) electrons. The summed E-state index contributed by atoms with van der Waals surface area (Å²) in [6.07, 6.45) is 4.72. The number of carbonyl (C=O) groups is 2. The number of nitrogens with zero attached hydrogens (tertiary/aromatic N) is 1. The van der Waals surface area contributed by atoms with E-state index in [9.17, 15) is 18.0 Å². The van der Waals surface area contributed by atoms with Crippen LogP contribution in [-0.2, 0) is 26.0 Å². The highest BCUT2D eigenvalue weighted by atomic mass is 32.2. The van der Waals surface area contributed by atoms with Crippen LogP contribution in [0.4, 0.5) is 5.69 Å². The molecule has 9 heteroatoms. The van der Waals surface area contributed by atoms with E-state index < -0.39 is 10.0 Å². The number of anilines is 1. The highest BCUT2D eigenvalue weighted by molar-refractivity contribution is 7.89. The summed E-state index contributed by atoms with van der Waals surface area (Å²) in [4.78, 5) is 24.1. The van der Waals surface area contributed by atoms with E-state index in [4.69, 9.17) is 4.74 Å². The summed E-state index contributed by atoms with van der Waals surface area (Å²) in [6.45, 7) is 3.48. The van der Waals surface area contributed by atoms with Gasteiger partial charge in [-0.15, -0.1) is 0 Å². The molecule has 0 aromatic heterocycles. The van der Waals surface area contributed by atoms with Crippen molar-refractivity contribution in [3.63, 3.8) is 0 Å². The summed E-state index contributed by atoms with van der Waals surface area (Å²) >= 11 is 0. The molecule has 3 rings (SSSR count). The molecule has 1 heterocycles. The van der Waals surface area contributed by atoms with E-state index in [1.807, 2.05) is 6.92 Å². The van der Waals surface area contributed by atoms with Gasteiger partial charge in [-0.25, -0.2) is 8.42 Å². The zero-order valence-corrected chi connectivity index (χ0v) is 20.4. The lowest BCUT2D eigenvalue weighted by Gasteiger charge is -2.20. The van der Waals surface area contributed by atoms with Crippen LogP contribution in [0.3, 0.4) is 0 Å². The molecule has 1 aliphatic rings. The lowest BCUT2D eigenvalue weighted by Crippen LogP contribution is -2.31. The molecule has 0 aliphatic carbocycles. The van der Waals surface area contributed by atoms with Crippen molar-refractivity contribution in [1.82, 2.24) is 9.62 Å². The first-order valence-electron chi connectivity index (χ1n) is 11.8. The lowest BCUT2D eigenvalue weighted by molar-refractivity contribution is -0.123. The van der Waals surface area contributed by atoms with Crippen LogP contribution in [0.1, 0.15) is 44.6 Å². The summed E-state index contributed by atoms with van der Waals surface area (Å²) in [6, 6.07) is 13.6. The van der Waals surface area contributed by atoms with Gasteiger partial charge in [0.2, 0.25) is 15.9 Å². The molecule has 0 spiro atoms. The van der Waals surface area contributed by atoms with Gasteiger partial charge in [-0.3, -0.25) is 9.59 Å². The Morgan fingerprint density at radius 2 is 1.56 bits per heavy atom. The van der Waals surface area contributed by atoms with Gasteiger partial charge in [-0.2, -0.15) is 4.31 Å². The van der Waals surface area contributed by atoms with Gasteiger partial charge in [0.1, 0.15) is 5.75 Å². The maximum atomic E-state index is 12.9. The Hall–Kier alpha value is -2.91. The van der Waals surface area contributed by atoms with Crippen LogP contribution in [0.2, 0.25) is 0 Å². The van der Waals surface area contributed by atoms with Gasteiger partial charge in [0.05, 0.1) is 4.90 Å². The molecule has 0 unspecified atom stereocenters. The molecule has 0 atom stereocenters. The number of sulfonamides is 1. The van der Waals surface area contributed by atoms with E-state index in [-0.39, 0.29) is 24.8 Å². The van der Waals surface area contributed by atoms with Crippen molar-refractivity contribution in [2.75, 3.05) is 31.6 Å². The van der Waals surface area contributed by atoms with Crippen molar-refractivity contribution in [3.8, 4) is 5.75 Å². The third-order valence-electron chi connectivity index (χ3n) is 5.65. The number of carbonyl (C=O) groups excluding carboxylic acids is 2. The first-order chi connectivity index (χ1) is 16.4. The second-order valence-corrected chi connectivity index (χ2v) is 10.2. The van der Waals surface area contributed by atoms with Crippen molar-refractivity contribution < 1.29 is 22.7 Å². The highest BCUT2D eigenvalue weighted by Crippen LogP contribution is 2.21. The Morgan fingerprint density at radius 3 is 2.18 bits per heavy atom. The van der Waals surface area contributed by atoms with E-state index in [1.165, 1.54) is 0 Å². The van der Waals surface area contributed by atoms with E-state index >= 15 is 0 Å². The standard InChI is InChI=1S/C25H33N3O5S/c1-2-26-25(30)19-33-22-12-10-21(11-13-22)27-24(29)16-9-20-7-14-23(15-8-20)34(31,32)28-17-5-3-4-6-18-28/h7-8,10-15H,2-6,9,16-19H2,1H3,(H,26,30)(H,27,29). The summed E-state index contributed by atoms with van der Waals surface area (Å²) in [7, 11) is -3.47. The van der Waals surface area contributed by atoms with Crippen molar-refractivity contribution >= 4 is 27.5 Å². The van der Waals surface area contributed by atoms with Crippen molar-refractivity contribution in [2.24, 2.45) is 0 Å². The highest BCUT2D eigenvalue weighted by Gasteiger charge is 2.24. The minimum Gasteiger partial charge on any atom is -0.484 e. The molecule has 1 fully saturated rings. The Bertz CT molecular complexity index is 1040. The van der Waals surface area contributed by atoms with E-state index in [0.29, 0.717) is 42.4 Å². The Morgan fingerprint density at radius 1 is 0.912 bits per heavy atom. The molecule has 2 aromatic carbocycles. The van der Waals surface area contributed by atoms with Crippen LogP contribution in [-0.4, -0.2) is 50.8 Å². The van der Waals surface area contributed by atoms with Gasteiger partial charge in [-0.1, -0.05) is 25.0 Å².